The third-order valence-corrected chi connectivity index (χ3v) is 3.42. The number of esters is 4. The Bertz CT molecular complexity index is 660. The second-order valence-corrected chi connectivity index (χ2v) is 4.65. The van der Waals surface area contributed by atoms with Gasteiger partial charge in [0.15, 0.2) is 0 Å². The van der Waals surface area contributed by atoms with Crippen molar-refractivity contribution in [2.75, 3.05) is 6.67 Å². The molecule has 14 nitrogen and oxygen atoms in total. The highest BCUT2D eigenvalue weighted by atomic mass is 16.6. The summed E-state index contributed by atoms with van der Waals surface area (Å²) in [5.41, 5.74) is -6.30. The Morgan fingerprint density at radius 2 is 1.00 bits per heavy atom. The van der Waals surface area contributed by atoms with Gasteiger partial charge in [0.1, 0.15) is 0 Å². The van der Waals surface area contributed by atoms with Crippen molar-refractivity contribution in [1.82, 2.24) is 10.6 Å². The van der Waals surface area contributed by atoms with Gasteiger partial charge in [-0.05, 0) is 0 Å². The van der Waals surface area contributed by atoms with E-state index in [4.69, 9.17) is 10.2 Å². The Balaban J connectivity index is 2.06. The fourth-order valence-corrected chi connectivity index (χ4v) is 1.93. The van der Waals surface area contributed by atoms with E-state index in [-0.39, 0.29) is 0 Å². The van der Waals surface area contributed by atoms with Crippen LogP contribution in [0.15, 0.2) is 0 Å². The molecule has 2 aliphatic heterocycles. The molecule has 0 aromatic carbocycles. The molecule has 2 amide bonds. The van der Waals surface area contributed by atoms with Crippen molar-refractivity contribution in [2.24, 2.45) is 10.8 Å². The minimum absolute atomic E-state index is 1.01. The van der Waals surface area contributed by atoms with E-state index in [1.807, 2.05) is 0 Å². The summed E-state index contributed by atoms with van der Waals surface area (Å²) in [5.74, 6) is -14.2. The number of carbonyl (C=O) groups is 8. The van der Waals surface area contributed by atoms with Gasteiger partial charge in [-0.2, -0.15) is 0 Å². The van der Waals surface area contributed by atoms with Gasteiger partial charge in [-0.1, -0.05) is 0 Å². The quantitative estimate of drug-likeness (QED) is 0.200. The Labute approximate surface area is 135 Å². The number of carbonyl (C=O) groups excluding carboxylic acids is 6. The lowest BCUT2D eigenvalue weighted by atomic mass is 9.82. The minimum Gasteiger partial charge on any atom is -0.480 e. The van der Waals surface area contributed by atoms with E-state index in [0.29, 0.717) is 0 Å². The zero-order chi connectivity index (χ0) is 19.2. The SMILES string of the molecule is O=C(O)C1(C(=O)NCNC(=O)C2(C(=O)O)C(=O)OC2=O)C(=O)OC1=O. The van der Waals surface area contributed by atoms with Crippen molar-refractivity contribution in [2.45, 2.75) is 0 Å². The van der Waals surface area contributed by atoms with Crippen molar-refractivity contribution in [3.63, 3.8) is 0 Å². The predicted octanol–water partition coefficient (Wildman–Crippen LogP) is -4.51. The molecule has 132 valence electrons. The smallest absolute Gasteiger partial charge is 0.352 e. The first-order chi connectivity index (χ1) is 11.5. The van der Waals surface area contributed by atoms with E-state index >= 15 is 0 Å². The van der Waals surface area contributed by atoms with Crippen LogP contribution in [0.4, 0.5) is 0 Å². The standard InChI is InChI=1S/C11H6N2O12/c14-2(10(4(16)17)6(20)24-7(10)21)12-1-13-3(15)11(5(18)19)8(22)25-9(11)23/h1H2,(H,12,14)(H,13,15)(H,16,17)(H,18,19). The molecule has 0 aromatic rings. The Morgan fingerprint density at radius 1 is 0.720 bits per heavy atom. The summed E-state index contributed by atoms with van der Waals surface area (Å²) >= 11 is 0. The second-order valence-electron chi connectivity index (χ2n) is 4.65. The summed E-state index contributed by atoms with van der Waals surface area (Å²) in [4.78, 5) is 90.2. The van der Waals surface area contributed by atoms with Crippen molar-refractivity contribution in [3.8, 4) is 0 Å². The third-order valence-electron chi connectivity index (χ3n) is 3.42. The number of cyclic esters (lactones) is 4. The lowest BCUT2D eigenvalue weighted by Gasteiger charge is -2.32. The topological polar surface area (TPSA) is 220 Å². The van der Waals surface area contributed by atoms with Crippen LogP contribution in [0.5, 0.6) is 0 Å². The molecule has 0 aliphatic carbocycles. The highest BCUT2D eigenvalue weighted by Crippen LogP contribution is 2.32. The van der Waals surface area contributed by atoms with E-state index < -0.39 is 65.1 Å². The molecule has 2 heterocycles. The molecule has 0 radical (unpaired) electrons. The van der Waals surface area contributed by atoms with Gasteiger partial charge in [-0.15, -0.1) is 0 Å². The summed E-state index contributed by atoms with van der Waals surface area (Å²) in [7, 11) is 0. The van der Waals surface area contributed by atoms with Crippen molar-refractivity contribution < 1.29 is 58.0 Å². The van der Waals surface area contributed by atoms with E-state index in [2.05, 4.69) is 9.47 Å². The van der Waals surface area contributed by atoms with Crippen LogP contribution in [0.2, 0.25) is 0 Å². The van der Waals surface area contributed by atoms with Crippen molar-refractivity contribution in [3.05, 3.63) is 0 Å². The van der Waals surface area contributed by atoms with Crippen LogP contribution in [0.3, 0.4) is 0 Å². The Kier molecular flexibility index (Phi) is 3.75. The molecule has 2 aliphatic rings. The van der Waals surface area contributed by atoms with Crippen LogP contribution < -0.4 is 10.6 Å². The molecule has 0 aromatic heterocycles. The van der Waals surface area contributed by atoms with Gasteiger partial charge in [0.25, 0.3) is 11.8 Å². The predicted molar refractivity (Wildman–Crippen MR) is 63.5 cm³/mol. The van der Waals surface area contributed by atoms with Gasteiger partial charge in [0.05, 0.1) is 6.67 Å². The molecule has 0 unspecified atom stereocenters. The van der Waals surface area contributed by atoms with Gasteiger partial charge < -0.3 is 30.3 Å². The summed E-state index contributed by atoms with van der Waals surface area (Å²) in [6.07, 6.45) is 0. The lowest BCUT2D eigenvalue weighted by Crippen LogP contribution is -2.68. The molecule has 2 saturated heterocycles. The summed E-state index contributed by atoms with van der Waals surface area (Å²) in [5, 5.41) is 21.1. The van der Waals surface area contributed by atoms with Crippen LogP contribution in [-0.4, -0.2) is 64.5 Å². The number of amides is 2. The van der Waals surface area contributed by atoms with Crippen LogP contribution >= 0.6 is 0 Å². The number of carboxylic acids is 2. The third kappa shape index (κ3) is 1.97. The van der Waals surface area contributed by atoms with Crippen LogP contribution in [0, 0.1) is 10.8 Å². The van der Waals surface area contributed by atoms with Crippen LogP contribution in [-0.2, 0) is 47.8 Å². The van der Waals surface area contributed by atoms with E-state index in [9.17, 15) is 38.4 Å². The molecular weight excluding hydrogens is 352 g/mol. The summed E-state index contributed by atoms with van der Waals surface area (Å²) in [6, 6.07) is 0. The Hall–Kier alpha value is -3.84. The van der Waals surface area contributed by atoms with Gasteiger partial charge in [0.2, 0.25) is 0 Å². The maximum absolute atomic E-state index is 11.7. The van der Waals surface area contributed by atoms with Crippen molar-refractivity contribution >= 4 is 47.6 Å². The van der Waals surface area contributed by atoms with E-state index in [0.717, 1.165) is 0 Å². The largest absolute Gasteiger partial charge is 0.480 e. The number of ether oxygens (including phenoxy) is 2. The molecule has 4 N–H and O–H groups in total. The maximum Gasteiger partial charge on any atom is 0.352 e. The highest BCUT2D eigenvalue weighted by Gasteiger charge is 2.72. The summed E-state index contributed by atoms with van der Waals surface area (Å²) in [6.45, 7) is -1.01. The number of aliphatic carboxylic acids is 2. The van der Waals surface area contributed by atoms with Gasteiger partial charge in [-0.3, -0.25) is 9.59 Å². The molecule has 0 spiro atoms. The molecule has 2 rings (SSSR count). The van der Waals surface area contributed by atoms with Crippen LogP contribution in [0.1, 0.15) is 0 Å². The molecule has 25 heavy (non-hydrogen) atoms. The fourth-order valence-electron chi connectivity index (χ4n) is 1.93. The monoisotopic (exact) mass is 358 g/mol. The lowest BCUT2D eigenvalue weighted by molar-refractivity contribution is -0.204. The van der Waals surface area contributed by atoms with Gasteiger partial charge in [0, 0.05) is 0 Å². The van der Waals surface area contributed by atoms with E-state index in [1.165, 1.54) is 0 Å². The Morgan fingerprint density at radius 3 is 1.20 bits per heavy atom. The number of hydrogen-bond acceptors (Lipinski definition) is 10. The number of nitrogens with one attached hydrogen (secondary N) is 2. The normalized spacial score (nSPS) is 19.5. The van der Waals surface area contributed by atoms with Gasteiger partial charge >= 0.3 is 46.6 Å². The zero-order valence-electron chi connectivity index (χ0n) is 11.7. The molecular formula is C11H6N2O12. The molecule has 0 atom stereocenters. The first-order valence-electron chi connectivity index (χ1n) is 6.10. The molecule has 14 heteroatoms. The average Bonchev–Trinajstić information content (AvgIpc) is 2.46. The number of rotatable bonds is 6. The first-order valence-corrected chi connectivity index (χ1v) is 6.10. The maximum atomic E-state index is 11.7. The van der Waals surface area contributed by atoms with E-state index in [1.54, 1.807) is 10.6 Å². The summed E-state index contributed by atoms with van der Waals surface area (Å²) < 4.78 is 7.63. The molecule has 0 saturated carbocycles. The first kappa shape index (κ1) is 17.5. The number of carboxylic acid groups (broad SMARTS) is 2. The second kappa shape index (κ2) is 5.36. The number of hydrogen-bond donors (Lipinski definition) is 4. The minimum atomic E-state index is -3.15. The zero-order valence-corrected chi connectivity index (χ0v) is 11.7. The average molecular weight is 358 g/mol. The van der Waals surface area contributed by atoms with Crippen LogP contribution in [0.25, 0.3) is 0 Å². The molecule has 2 fully saturated rings. The van der Waals surface area contributed by atoms with Crippen molar-refractivity contribution in [1.29, 1.82) is 0 Å². The molecule has 0 bridgehead atoms. The fraction of sp³-hybridized carbons (Fsp3) is 0.273. The highest BCUT2D eigenvalue weighted by molar-refractivity contribution is 6.41. The van der Waals surface area contributed by atoms with Gasteiger partial charge in [-0.25, -0.2) is 28.8 Å².